The van der Waals surface area contributed by atoms with E-state index in [0.29, 0.717) is 0 Å². The van der Waals surface area contributed by atoms with Crippen molar-refractivity contribution in [1.82, 2.24) is 10.6 Å². The average molecular weight is 440 g/mol. The lowest BCUT2D eigenvalue weighted by molar-refractivity contribution is -0.310. The van der Waals surface area contributed by atoms with Crippen LogP contribution in [0.4, 0.5) is 0 Å². The van der Waals surface area contributed by atoms with E-state index in [9.17, 15) is 35.1 Å². The second-order valence-corrected chi connectivity index (χ2v) is 7.51. The molecule has 0 aromatic rings. The lowest BCUT2D eigenvalue weighted by Crippen LogP contribution is -2.68. The molecule has 13 heteroatoms. The Labute approximate surface area is 172 Å². The van der Waals surface area contributed by atoms with E-state index in [1.54, 1.807) is 0 Å². The molecule has 0 aliphatic carbocycles. The predicted molar refractivity (Wildman–Crippen MR) is 98.6 cm³/mol. The number of carbonyl (C=O) groups excluding carboxylic acids is 2. The Hall–Kier alpha value is -1.03. The quantitative estimate of drug-likeness (QED) is 0.188. The molecular weight excluding hydrogens is 412 g/mol. The summed E-state index contributed by atoms with van der Waals surface area (Å²) in [5, 5.41) is 55.0. The Kier molecular flexibility index (Phi) is 8.63. The smallest absolute Gasteiger partial charge is 0.217 e. The number of aliphatic hydroxyl groups is 5. The third-order valence-electron chi connectivity index (χ3n) is 4.78. The van der Waals surface area contributed by atoms with Gasteiger partial charge in [0.25, 0.3) is 0 Å². The molecule has 2 amide bonds. The van der Waals surface area contributed by atoms with Crippen molar-refractivity contribution >= 4 is 24.4 Å². The normalized spacial score (nSPS) is 42.9. The molecule has 10 atom stereocenters. The van der Waals surface area contributed by atoms with Gasteiger partial charge in [0.1, 0.15) is 48.1 Å². The molecule has 2 heterocycles. The molecule has 0 bridgehead atoms. The lowest BCUT2D eigenvalue weighted by Gasteiger charge is -2.47. The topological polar surface area (TPSA) is 187 Å². The van der Waals surface area contributed by atoms with Crippen LogP contribution in [0.25, 0.3) is 0 Å². The largest absolute Gasteiger partial charge is 0.394 e. The van der Waals surface area contributed by atoms with Crippen molar-refractivity contribution in [3.63, 3.8) is 0 Å². The van der Waals surface area contributed by atoms with Gasteiger partial charge < -0.3 is 50.4 Å². The van der Waals surface area contributed by atoms with Crippen molar-refractivity contribution in [3.8, 4) is 0 Å². The highest BCUT2D eigenvalue weighted by atomic mass is 32.1. The van der Waals surface area contributed by atoms with Gasteiger partial charge in [0, 0.05) is 13.8 Å². The summed E-state index contributed by atoms with van der Waals surface area (Å²) < 4.78 is 16.7. The summed E-state index contributed by atoms with van der Waals surface area (Å²) in [4.78, 5) is 22.9. The first-order valence-corrected chi connectivity index (χ1v) is 9.56. The van der Waals surface area contributed by atoms with Gasteiger partial charge in [-0.05, 0) is 0 Å². The van der Waals surface area contributed by atoms with Crippen molar-refractivity contribution in [2.75, 3.05) is 13.2 Å². The molecule has 2 aliphatic rings. The Balaban J connectivity index is 2.26. The molecule has 0 aromatic carbocycles. The SMILES string of the molecule is CC(=O)NC1C(S)OC(CO)C(OC2OC(CO)C(O)C(O)C2NC(C)=O)C1O. The van der Waals surface area contributed by atoms with Gasteiger partial charge in [-0.3, -0.25) is 9.59 Å². The molecule has 12 nitrogen and oxygen atoms in total. The van der Waals surface area contributed by atoms with E-state index in [4.69, 9.17) is 14.2 Å². The fourth-order valence-corrected chi connectivity index (χ4v) is 3.79. The third-order valence-corrected chi connectivity index (χ3v) is 5.23. The summed E-state index contributed by atoms with van der Waals surface area (Å²) in [5.41, 5.74) is -0.943. The number of carbonyl (C=O) groups is 2. The Morgan fingerprint density at radius 3 is 1.97 bits per heavy atom. The molecule has 29 heavy (non-hydrogen) atoms. The maximum absolute atomic E-state index is 11.5. The zero-order chi connectivity index (χ0) is 21.9. The number of ether oxygens (including phenoxy) is 3. The molecular formula is C16H28N2O10S. The van der Waals surface area contributed by atoms with Crippen LogP contribution in [0.5, 0.6) is 0 Å². The number of nitrogens with one attached hydrogen (secondary N) is 2. The molecule has 168 valence electrons. The van der Waals surface area contributed by atoms with E-state index in [-0.39, 0.29) is 0 Å². The van der Waals surface area contributed by atoms with Gasteiger partial charge in [0.2, 0.25) is 11.8 Å². The standard InChI is InChI=1S/C16H28N2O10S/c1-5(21)17-9-12(24)11(23)7(3-19)26-15(9)28-14-8(4-20)27-16(29)10(13(14)25)18-6(2)22/h7-16,19-20,23-25,29H,3-4H2,1-2H3,(H,17,21)(H,18,22). The van der Waals surface area contributed by atoms with Crippen molar-refractivity contribution < 1.29 is 49.3 Å². The first-order chi connectivity index (χ1) is 13.6. The molecule has 0 aromatic heterocycles. The molecule has 10 unspecified atom stereocenters. The maximum atomic E-state index is 11.5. The minimum absolute atomic E-state index is 0.457. The molecule has 0 spiro atoms. The van der Waals surface area contributed by atoms with E-state index < -0.39 is 85.5 Å². The summed E-state index contributed by atoms with van der Waals surface area (Å²) in [6.07, 6.45) is -9.43. The van der Waals surface area contributed by atoms with Gasteiger partial charge in [0.15, 0.2) is 6.29 Å². The molecule has 0 saturated carbocycles. The Morgan fingerprint density at radius 1 is 0.897 bits per heavy atom. The van der Waals surface area contributed by atoms with Gasteiger partial charge in [0.05, 0.1) is 19.3 Å². The monoisotopic (exact) mass is 440 g/mol. The van der Waals surface area contributed by atoms with E-state index in [0.717, 1.165) is 0 Å². The minimum atomic E-state index is -1.55. The van der Waals surface area contributed by atoms with Crippen molar-refractivity contribution in [1.29, 1.82) is 0 Å². The molecule has 2 saturated heterocycles. The second kappa shape index (κ2) is 10.3. The molecule has 2 fully saturated rings. The van der Waals surface area contributed by atoms with Crippen LogP contribution >= 0.6 is 12.6 Å². The van der Waals surface area contributed by atoms with Gasteiger partial charge >= 0.3 is 0 Å². The molecule has 2 aliphatic heterocycles. The average Bonchev–Trinajstić information content (AvgIpc) is 2.65. The van der Waals surface area contributed by atoms with Crippen LogP contribution in [-0.4, -0.2) is 111 Å². The van der Waals surface area contributed by atoms with Gasteiger partial charge in [-0.1, -0.05) is 0 Å². The van der Waals surface area contributed by atoms with Crippen LogP contribution in [0.3, 0.4) is 0 Å². The maximum Gasteiger partial charge on any atom is 0.217 e. The number of amides is 2. The van der Waals surface area contributed by atoms with E-state index in [1.807, 2.05) is 0 Å². The fourth-order valence-electron chi connectivity index (χ4n) is 3.38. The van der Waals surface area contributed by atoms with Crippen molar-refractivity contribution in [3.05, 3.63) is 0 Å². The third kappa shape index (κ3) is 5.57. The lowest BCUT2D eigenvalue weighted by atomic mass is 9.95. The first-order valence-electron chi connectivity index (χ1n) is 9.05. The van der Waals surface area contributed by atoms with Crippen molar-refractivity contribution in [2.45, 2.75) is 74.3 Å². The highest BCUT2D eigenvalue weighted by molar-refractivity contribution is 7.80. The molecule has 2 rings (SSSR count). The van der Waals surface area contributed by atoms with E-state index in [2.05, 4.69) is 23.3 Å². The van der Waals surface area contributed by atoms with Gasteiger partial charge in [-0.2, -0.15) is 0 Å². The second-order valence-electron chi connectivity index (χ2n) is 7.00. The number of hydrogen-bond donors (Lipinski definition) is 8. The van der Waals surface area contributed by atoms with Crippen LogP contribution in [0.1, 0.15) is 13.8 Å². The first kappa shape index (κ1) is 24.2. The van der Waals surface area contributed by atoms with E-state index >= 15 is 0 Å². The summed E-state index contributed by atoms with van der Waals surface area (Å²) >= 11 is 4.17. The predicted octanol–water partition coefficient (Wildman–Crippen LogP) is -4.17. The zero-order valence-corrected chi connectivity index (χ0v) is 16.8. The van der Waals surface area contributed by atoms with Crippen LogP contribution < -0.4 is 10.6 Å². The Morgan fingerprint density at radius 2 is 1.45 bits per heavy atom. The summed E-state index contributed by atoms with van der Waals surface area (Å²) in [5.74, 6) is -1.01. The number of thiol groups is 1. The fraction of sp³-hybridized carbons (Fsp3) is 0.875. The van der Waals surface area contributed by atoms with Gasteiger partial charge in [-0.15, -0.1) is 12.6 Å². The highest BCUT2D eigenvalue weighted by Gasteiger charge is 2.50. The zero-order valence-electron chi connectivity index (χ0n) is 15.9. The number of hydrogen-bond acceptors (Lipinski definition) is 11. The minimum Gasteiger partial charge on any atom is -0.394 e. The van der Waals surface area contributed by atoms with Gasteiger partial charge in [-0.25, -0.2) is 0 Å². The molecule has 7 N–H and O–H groups in total. The Bertz CT molecular complexity index is 584. The van der Waals surface area contributed by atoms with Crippen molar-refractivity contribution in [2.24, 2.45) is 0 Å². The van der Waals surface area contributed by atoms with E-state index in [1.165, 1.54) is 13.8 Å². The highest BCUT2D eigenvalue weighted by Crippen LogP contribution is 2.30. The number of rotatable bonds is 6. The van der Waals surface area contributed by atoms with Crippen LogP contribution in [0, 0.1) is 0 Å². The van der Waals surface area contributed by atoms with Crippen LogP contribution in [0.15, 0.2) is 0 Å². The molecule has 0 radical (unpaired) electrons. The number of aliphatic hydroxyl groups excluding tert-OH is 5. The summed E-state index contributed by atoms with van der Waals surface area (Å²) in [6.45, 7) is 1.20. The van der Waals surface area contributed by atoms with Crippen LogP contribution in [0.2, 0.25) is 0 Å². The summed E-state index contributed by atoms with van der Waals surface area (Å²) in [7, 11) is 0. The van der Waals surface area contributed by atoms with Crippen LogP contribution in [-0.2, 0) is 23.8 Å². The summed E-state index contributed by atoms with van der Waals surface area (Å²) in [6, 6.07) is -2.24.